The Hall–Kier alpha value is -2.63. The predicted octanol–water partition coefficient (Wildman–Crippen LogP) is 2.51. The van der Waals surface area contributed by atoms with E-state index in [4.69, 9.17) is 4.74 Å². The fourth-order valence-corrected chi connectivity index (χ4v) is 4.52. The molecular formula is C28H44N4O6S. The van der Waals surface area contributed by atoms with Gasteiger partial charge >= 0.3 is 6.09 Å². The summed E-state index contributed by atoms with van der Waals surface area (Å²) in [6.45, 7) is 11.6. The third-order valence-electron chi connectivity index (χ3n) is 7.11. The molecule has 0 radical (unpaired) electrons. The van der Waals surface area contributed by atoms with Crippen LogP contribution in [0.1, 0.15) is 66.4 Å². The van der Waals surface area contributed by atoms with Gasteiger partial charge in [0, 0.05) is 5.92 Å². The second-order valence-corrected chi connectivity index (χ2v) is 12.4. The number of aliphatic hydroxyl groups is 1. The molecule has 39 heavy (non-hydrogen) atoms. The summed E-state index contributed by atoms with van der Waals surface area (Å²) in [4.78, 5) is 51.8. The standard InChI is InChI=1S/C28H44N4O6S/c1-17(2)28(6,32-26(37)38-16-18-10-8-7-9-11-18)25(36)31-21(15-27(3,4)5)23(34)30-20(24(35)39)14-19-12-13-29-22(19)33/h7-11,17,19-22,29,33H,12-16H2,1-6H3,(H,30,34)(H,31,36)(H,32,37)(H,35,39)/t19-,20-,21-,22?,28-/m0/s1. The average Bonchev–Trinajstić information content (AvgIpc) is 3.25. The van der Waals surface area contributed by atoms with Crippen molar-refractivity contribution in [2.75, 3.05) is 6.54 Å². The van der Waals surface area contributed by atoms with Crippen LogP contribution in [0.15, 0.2) is 30.3 Å². The number of nitrogens with one attached hydrogen (secondary N) is 4. The van der Waals surface area contributed by atoms with Crippen molar-refractivity contribution in [1.29, 1.82) is 0 Å². The van der Waals surface area contributed by atoms with E-state index in [1.165, 1.54) is 0 Å². The molecule has 5 atom stereocenters. The minimum atomic E-state index is -1.39. The van der Waals surface area contributed by atoms with Crippen LogP contribution in [0, 0.1) is 17.3 Å². The van der Waals surface area contributed by atoms with Crippen molar-refractivity contribution in [3.8, 4) is 0 Å². The summed E-state index contributed by atoms with van der Waals surface area (Å²) in [5.74, 6) is -1.65. The molecule has 0 aliphatic carbocycles. The molecule has 1 heterocycles. The first kappa shape index (κ1) is 32.6. The number of amides is 3. The highest BCUT2D eigenvalue weighted by atomic mass is 32.1. The molecule has 1 fully saturated rings. The Bertz CT molecular complexity index is 1000. The van der Waals surface area contributed by atoms with Gasteiger partial charge in [-0.05, 0) is 49.6 Å². The fourth-order valence-electron chi connectivity index (χ4n) is 4.35. The van der Waals surface area contributed by atoms with Gasteiger partial charge in [-0.3, -0.25) is 19.7 Å². The lowest BCUT2D eigenvalue weighted by atomic mass is 9.85. The Morgan fingerprint density at radius 3 is 2.23 bits per heavy atom. The number of carbonyl (C=O) groups excluding carboxylic acids is 4. The Balaban J connectivity index is 2.14. The molecule has 1 aromatic rings. The molecule has 3 amide bonds. The van der Waals surface area contributed by atoms with Gasteiger partial charge in [0.25, 0.3) is 0 Å². The quantitative estimate of drug-likeness (QED) is 0.214. The smallest absolute Gasteiger partial charge is 0.408 e. The lowest BCUT2D eigenvalue weighted by Gasteiger charge is -2.35. The second kappa shape index (κ2) is 14.1. The van der Waals surface area contributed by atoms with E-state index in [9.17, 15) is 24.3 Å². The maximum Gasteiger partial charge on any atom is 0.408 e. The highest BCUT2D eigenvalue weighted by molar-refractivity contribution is 7.96. The summed E-state index contributed by atoms with van der Waals surface area (Å²) in [5.41, 5.74) is -0.931. The van der Waals surface area contributed by atoms with Gasteiger partial charge < -0.3 is 25.8 Å². The van der Waals surface area contributed by atoms with Crippen LogP contribution in [0.2, 0.25) is 0 Å². The van der Waals surface area contributed by atoms with Crippen molar-refractivity contribution in [3.05, 3.63) is 35.9 Å². The van der Waals surface area contributed by atoms with E-state index in [1.54, 1.807) is 20.8 Å². The van der Waals surface area contributed by atoms with Gasteiger partial charge in [-0.25, -0.2) is 4.79 Å². The summed E-state index contributed by atoms with van der Waals surface area (Å²) >= 11 is 3.95. The number of hydrogen-bond donors (Lipinski definition) is 6. The third kappa shape index (κ3) is 10.1. The molecular weight excluding hydrogens is 520 g/mol. The lowest BCUT2D eigenvalue weighted by molar-refractivity contribution is -0.134. The predicted molar refractivity (Wildman–Crippen MR) is 152 cm³/mol. The maximum atomic E-state index is 13.6. The van der Waals surface area contributed by atoms with Gasteiger partial charge in [0.15, 0.2) is 0 Å². The summed E-state index contributed by atoms with van der Waals surface area (Å²) in [6.07, 6.45) is -0.363. The topological polar surface area (TPSA) is 146 Å². The molecule has 2 rings (SSSR count). The van der Waals surface area contributed by atoms with Gasteiger partial charge in [0.05, 0.1) is 6.04 Å². The van der Waals surface area contributed by atoms with E-state index < -0.39 is 46.9 Å². The van der Waals surface area contributed by atoms with Crippen molar-refractivity contribution in [2.24, 2.45) is 17.3 Å². The van der Waals surface area contributed by atoms with Crippen molar-refractivity contribution in [3.63, 3.8) is 0 Å². The normalized spacial score (nSPS) is 20.4. The number of hydrogen-bond acceptors (Lipinski definition) is 7. The van der Waals surface area contributed by atoms with Crippen LogP contribution < -0.4 is 21.3 Å². The molecule has 0 aromatic heterocycles. The van der Waals surface area contributed by atoms with Crippen molar-refractivity contribution >= 4 is 35.7 Å². The zero-order chi connectivity index (χ0) is 29.4. The lowest BCUT2D eigenvalue weighted by Crippen LogP contribution is -2.63. The zero-order valence-corrected chi connectivity index (χ0v) is 24.6. The molecule has 1 saturated heterocycles. The number of rotatable bonds is 12. The molecule has 1 aliphatic rings. The summed E-state index contributed by atoms with van der Waals surface area (Å²) in [7, 11) is 0. The van der Waals surface area contributed by atoms with Crippen LogP contribution in [0.5, 0.6) is 0 Å². The van der Waals surface area contributed by atoms with E-state index >= 15 is 0 Å². The van der Waals surface area contributed by atoms with E-state index in [0.717, 1.165) is 5.56 Å². The first-order valence-corrected chi connectivity index (χ1v) is 13.8. The Kier molecular flexibility index (Phi) is 11.8. The van der Waals surface area contributed by atoms with Gasteiger partial charge in [-0.2, -0.15) is 0 Å². The van der Waals surface area contributed by atoms with Gasteiger partial charge in [-0.1, -0.05) is 65.0 Å². The van der Waals surface area contributed by atoms with E-state index in [1.807, 2.05) is 51.1 Å². The van der Waals surface area contributed by atoms with Gasteiger partial charge in [0.1, 0.15) is 24.4 Å². The number of aliphatic hydroxyl groups excluding tert-OH is 1. The molecule has 0 bridgehead atoms. The summed E-state index contributed by atoms with van der Waals surface area (Å²) in [5, 5.41) is 20.7. The average molecular weight is 565 g/mol. The second-order valence-electron chi connectivity index (χ2n) is 11.9. The summed E-state index contributed by atoms with van der Waals surface area (Å²) < 4.78 is 5.33. The van der Waals surface area contributed by atoms with Gasteiger partial charge in [0.2, 0.25) is 16.9 Å². The van der Waals surface area contributed by atoms with E-state index in [-0.39, 0.29) is 36.7 Å². The van der Waals surface area contributed by atoms with Crippen molar-refractivity contribution in [1.82, 2.24) is 21.3 Å². The largest absolute Gasteiger partial charge is 0.445 e. The summed E-state index contributed by atoms with van der Waals surface area (Å²) in [6, 6.07) is 7.26. The molecule has 1 unspecified atom stereocenters. The molecule has 0 spiro atoms. The fraction of sp³-hybridized carbons (Fsp3) is 0.643. The molecule has 1 aliphatic heterocycles. The molecule has 10 nitrogen and oxygen atoms in total. The maximum absolute atomic E-state index is 13.6. The van der Waals surface area contributed by atoms with Crippen molar-refractivity contribution in [2.45, 2.75) is 91.3 Å². The van der Waals surface area contributed by atoms with Crippen LogP contribution in [0.4, 0.5) is 4.79 Å². The molecule has 0 saturated carbocycles. The Morgan fingerprint density at radius 2 is 1.72 bits per heavy atom. The molecule has 5 N–H and O–H groups in total. The Labute approximate surface area is 236 Å². The highest BCUT2D eigenvalue weighted by Crippen LogP contribution is 2.24. The SMILES string of the molecule is CC(C)[C@](C)(NC(=O)OCc1ccccc1)C(=O)N[C@@H](CC(C)(C)C)C(=O)N[C@@H](C[C@@H]1CCNC1O)C(=O)S. The zero-order valence-electron chi connectivity index (χ0n) is 23.7. The first-order valence-electron chi connectivity index (χ1n) is 13.4. The molecule has 1 aromatic carbocycles. The van der Waals surface area contributed by atoms with Crippen LogP contribution in [0.3, 0.4) is 0 Å². The van der Waals surface area contributed by atoms with Crippen LogP contribution >= 0.6 is 12.6 Å². The first-order chi connectivity index (χ1) is 18.1. The number of ether oxygens (including phenoxy) is 1. The Morgan fingerprint density at radius 1 is 1.08 bits per heavy atom. The number of alkyl carbamates (subject to hydrolysis) is 1. The van der Waals surface area contributed by atoms with Crippen LogP contribution in [-0.4, -0.2) is 58.5 Å². The monoisotopic (exact) mass is 564 g/mol. The molecule has 11 heteroatoms. The molecule has 218 valence electrons. The van der Waals surface area contributed by atoms with Gasteiger partial charge in [-0.15, -0.1) is 12.6 Å². The highest BCUT2D eigenvalue weighted by Gasteiger charge is 2.41. The minimum absolute atomic E-state index is 0.0435. The van der Waals surface area contributed by atoms with E-state index in [0.29, 0.717) is 13.0 Å². The number of carbonyl (C=O) groups is 4. The van der Waals surface area contributed by atoms with Crippen molar-refractivity contribution < 1.29 is 29.0 Å². The number of benzene rings is 1. The third-order valence-corrected chi connectivity index (χ3v) is 7.42. The van der Waals surface area contributed by atoms with Crippen LogP contribution in [0.25, 0.3) is 0 Å². The number of thiol groups is 1. The van der Waals surface area contributed by atoms with Crippen LogP contribution in [-0.2, 0) is 25.7 Å². The van der Waals surface area contributed by atoms with E-state index in [2.05, 4.69) is 33.9 Å². The minimum Gasteiger partial charge on any atom is -0.445 e.